The van der Waals surface area contributed by atoms with Crippen LogP contribution in [-0.2, 0) is 31.7 Å². The summed E-state index contributed by atoms with van der Waals surface area (Å²) >= 11 is 0. The predicted molar refractivity (Wildman–Crippen MR) is 137 cm³/mol. The lowest BCUT2D eigenvalue weighted by Crippen LogP contribution is -2.53. The molecule has 2 heterocycles. The van der Waals surface area contributed by atoms with Gasteiger partial charge < -0.3 is 18.9 Å². The van der Waals surface area contributed by atoms with Crippen molar-refractivity contribution in [2.24, 2.45) is 5.92 Å². The lowest BCUT2D eigenvalue weighted by molar-refractivity contribution is -0.154. The van der Waals surface area contributed by atoms with Gasteiger partial charge >= 0.3 is 18.1 Å². The van der Waals surface area contributed by atoms with Gasteiger partial charge in [-0.3, -0.25) is 9.69 Å². The maximum absolute atomic E-state index is 13.5. The molecule has 39 heavy (non-hydrogen) atoms. The standard InChI is InChI=1S/C29H32F3NO6/c1-6-39-24(34)12-11-20-25(17-7-9-19(10-8-17)29(30,31)32)28(2,27(35)38-5)33-14-13-18-15-22(36-3)23(37-4)16-21(18)26(20)33/h7-12,15-16,20,25-26H,6,13-14H2,1-5H3/b12-11+/t20-,25-,26-,28-/m1/s1. The maximum atomic E-state index is 13.5. The molecular weight excluding hydrogens is 515 g/mol. The first-order valence-corrected chi connectivity index (χ1v) is 12.6. The van der Waals surface area contributed by atoms with Crippen molar-refractivity contribution in [3.05, 3.63) is 70.8 Å². The Hall–Kier alpha value is -3.53. The zero-order chi connectivity index (χ0) is 28.5. The molecule has 4 rings (SSSR count). The average Bonchev–Trinajstić information content (AvgIpc) is 3.19. The van der Waals surface area contributed by atoms with E-state index in [1.807, 2.05) is 17.0 Å². The van der Waals surface area contributed by atoms with Crippen LogP contribution in [0.5, 0.6) is 11.5 Å². The molecule has 2 aromatic rings. The molecule has 1 fully saturated rings. The molecular formula is C29H32F3NO6. The van der Waals surface area contributed by atoms with Crippen molar-refractivity contribution in [2.75, 3.05) is 34.5 Å². The minimum Gasteiger partial charge on any atom is -0.493 e. The van der Waals surface area contributed by atoms with Crippen molar-refractivity contribution < 1.29 is 41.7 Å². The van der Waals surface area contributed by atoms with Gasteiger partial charge in [-0.05, 0) is 61.2 Å². The van der Waals surface area contributed by atoms with E-state index < -0.39 is 47.1 Å². The van der Waals surface area contributed by atoms with E-state index in [0.717, 1.165) is 23.3 Å². The van der Waals surface area contributed by atoms with Gasteiger partial charge in [-0.15, -0.1) is 0 Å². The van der Waals surface area contributed by atoms with E-state index in [2.05, 4.69) is 0 Å². The van der Waals surface area contributed by atoms with Crippen LogP contribution in [-0.4, -0.2) is 56.9 Å². The van der Waals surface area contributed by atoms with Crippen molar-refractivity contribution >= 4 is 11.9 Å². The molecule has 0 radical (unpaired) electrons. The number of hydrogen-bond acceptors (Lipinski definition) is 7. The van der Waals surface area contributed by atoms with Gasteiger partial charge in [0.05, 0.1) is 33.5 Å². The average molecular weight is 548 g/mol. The topological polar surface area (TPSA) is 74.3 Å². The summed E-state index contributed by atoms with van der Waals surface area (Å²) in [4.78, 5) is 27.9. The third-order valence-electron chi connectivity index (χ3n) is 7.81. The van der Waals surface area contributed by atoms with Gasteiger partial charge in [-0.25, -0.2) is 4.79 Å². The van der Waals surface area contributed by atoms with Gasteiger partial charge in [-0.1, -0.05) is 18.2 Å². The van der Waals surface area contributed by atoms with Crippen LogP contribution < -0.4 is 9.47 Å². The van der Waals surface area contributed by atoms with E-state index >= 15 is 0 Å². The molecule has 4 atom stereocenters. The normalized spacial score (nSPS) is 24.7. The summed E-state index contributed by atoms with van der Waals surface area (Å²) in [6.07, 6.45) is -0.901. The first kappa shape index (κ1) is 28.5. The monoisotopic (exact) mass is 547 g/mol. The molecule has 0 bridgehead atoms. The van der Waals surface area contributed by atoms with E-state index in [1.54, 1.807) is 27.0 Å². The van der Waals surface area contributed by atoms with Crippen LogP contribution in [0.4, 0.5) is 13.2 Å². The van der Waals surface area contributed by atoms with Gasteiger partial charge in [0.15, 0.2) is 11.5 Å². The largest absolute Gasteiger partial charge is 0.493 e. The van der Waals surface area contributed by atoms with Crippen LogP contribution in [0.25, 0.3) is 0 Å². The van der Waals surface area contributed by atoms with Crippen LogP contribution in [0.1, 0.15) is 48.1 Å². The van der Waals surface area contributed by atoms with Crippen molar-refractivity contribution in [2.45, 2.75) is 43.9 Å². The summed E-state index contributed by atoms with van der Waals surface area (Å²) in [6.45, 7) is 4.10. The number of carbonyl (C=O) groups is 2. The Bertz CT molecular complexity index is 1260. The van der Waals surface area contributed by atoms with Gasteiger partial charge in [-0.2, -0.15) is 13.2 Å². The van der Waals surface area contributed by atoms with Crippen LogP contribution >= 0.6 is 0 Å². The zero-order valence-electron chi connectivity index (χ0n) is 22.5. The van der Waals surface area contributed by atoms with Gasteiger partial charge in [0.25, 0.3) is 0 Å². The lowest BCUT2D eigenvalue weighted by atomic mass is 9.74. The molecule has 0 aromatic heterocycles. The fourth-order valence-corrected chi connectivity index (χ4v) is 6.12. The quantitative estimate of drug-likeness (QED) is 0.353. The van der Waals surface area contributed by atoms with Crippen molar-refractivity contribution in [1.82, 2.24) is 4.90 Å². The Morgan fingerprint density at radius 2 is 1.72 bits per heavy atom. The molecule has 1 saturated heterocycles. The van der Waals surface area contributed by atoms with E-state index in [9.17, 15) is 22.8 Å². The summed E-state index contributed by atoms with van der Waals surface area (Å²) in [6, 6.07) is 8.16. The minimum atomic E-state index is -4.50. The number of methoxy groups -OCH3 is 3. The number of nitrogens with zero attached hydrogens (tertiary/aromatic N) is 1. The fourth-order valence-electron chi connectivity index (χ4n) is 6.12. The van der Waals surface area contributed by atoms with Gasteiger partial charge in [0.1, 0.15) is 5.54 Å². The molecule has 2 aliphatic heterocycles. The van der Waals surface area contributed by atoms with E-state index in [1.165, 1.54) is 32.4 Å². The molecule has 2 aromatic carbocycles. The molecule has 210 valence electrons. The summed E-state index contributed by atoms with van der Waals surface area (Å²) in [5.41, 5.74) is 0.340. The third kappa shape index (κ3) is 4.97. The number of hydrogen-bond donors (Lipinski definition) is 0. The smallest absolute Gasteiger partial charge is 0.416 e. The molecule has 2 aliphatic rings. The number of ether oxygens (including phenoxy) is 4. The van der Waals surface area contributed by atoms with Crippen LogP contribution in [0.2, 0.25) is 0 Å². The van der Waals surface area contributed by atoms with Crippen molar-refractivity contribution in [1.29, 1.82) is 0 Å². The highest BCUT2D eigenvalue weighted by molar-refractivity contribution is 5.84. The Morgan fingerprint density at radius 3 is 2.28 bits per heavy atom. The molecule has 0 amide bonds. The number of fused-ring (bicyclic) bond motifs is 3. The Labute approximate surface area is 225 Å². The second kappa shape index (κ2) is 10.9. The summed E-state index contributed by atoms with van der Waals surface area (Å²) in [7, 11) is 4.37. The Morgan fingerprint density at radius 1 is 1.08 bits per heavy atom. The second-order valence-electron chi connectivity index (χ2n) is 9.72. The Kier molecular flexibility index (Phi) is 7.97. The summed E-state index contributed by atoms with van der Waals surface area (Å²) < 4.78 is 61.5. The zero-order valence-corrected chi connectivity index (χ0v) is 22.5. The van der Waals surface area contributed by atoms with Crippen LogP contribution in [0, 0.1) is 5.92 Å². The first-order chi connectivity index (χ1) is 18.5. The predicted octanol–water partition coefficient (Wildman–Crippen LogP) is 5.09. The molecule has 0 N–H and O–H groups in total. The van der Waals surface area contributed by atoms with Crippen molar-refractivity contribution in [3.63, 3.8) is 0 Å². The van der Waals surface area contributed by atoms with E-state index in [-0.39, 0.29) is 6.61 Å². The summed E-state index contributed by atoms with van der Waals surface area (Å²) in [5.74, 6) is -1.16. The highest BCUT2D eigenvalue weighted by Crippen LogP contribution is 2.59. The van der Waals surface area contributed by atoms with Crippen LogP contribution in [0.3, 0.4) is 0 Å². The van der Waals surface area contributed by atoms with E-state index in [0.29, 0.717) is 30.0 Å². The number of alkyl halides is 3. The number of benzene rings is 2. The number of carbonyl (C=O) groups excluding carboxylic acids is 2. The van der Waals surface area contributed by atoms with Crippen LogP contribution in [0.15, 0.2) is 48.6 Å². The lowest BCUT2D eigenvalue weighted by Gasteiger charge is -2.41. The summed E-state index contributed by atoms with van der Waals surface area (Å²) in [5, 5.41) is 0. The molecule has 0 saturated carbocycles. The molecule has 0 spiro atoms. The van der Waals surface area contributed by atoms with Crippen molar-refractivity contribution in [3.8, 4) is 11.5 Å². The Balaban J connectivity index is 1.94. The number of rotatable bonds is 7. The molecule has 0 unspecified atom stereocenters. The van der Waals surface area contributed by atoms with E-state index in [4.69, 9.17) is 18.9 Å². The third-order valence-corrected chi connectivity index (χ3v) is 7.81. The number of halogens is 3. The molecule has 7 nitrogen and oxygen atoms in total. The SMILES string of the molecule is CCOC(=O)/C=C/[C@@H]1[C@@H](c2ccc(C(F)(F)F)cc2)[C@](C)(C(=O)OC)N2CCc3cc(OC)c(OC)cc3[C@@H]12. The molecule has 0 aliphatic carbocycles. The highest BCUT2D eigenvalue weighted by atomic mass is 19.4. The minimum absolute atomic E-state index is 0.186. The van der Waals surface area contributed by atoms with Gasteiger partial charge in [0.2, 0.25) is 0 Å². The highest BCUT2D eigenvalue weighted by Gasteiger charge is 2.62. The van der Waals surface area contributed by atoms with Gasteiger partial charge in [0, 0.05) is 30.5 Å². The maximum Gasteiger partial charge on any atom is 0.416 e. The first-order valence-electron chi connectivity index (χ1n) is 12.6. The molecule has 10 heteroatoms. The number of esters is 2. The second-order valence-corrected chi connectivity index (χ2v) is 9.72. The fraction of sp³-hybridized carbons (Fsp3) is 0.448.